The Labute approximate surface area is 146 Å². The SMILES string of the molecule is CC1(c2ccccc2)CCC(N2CCCN(C(=O)C3CC3)CC2)C1. The lowest BCUT2D eigenvalue weighted by atomic mass is 9.81. The first-order valence-electron chi connectivity index (χ1n) is 9.74. The molecule has 0 radical (unpaired) electrons. The fourth-order valence-corrected chi connectivity index (χ4v) is 4.74. The molecule has 1 saturated heterocycles. The van der Waals surface area contributed by atoms with Crippen LogP contribution in [0.15, 0.2) is 30.3 Å². The summed E-state index contributed by atoms with van der Waals surface area (Å²) in [5, 5.41) is 0. The number of nitrogens with zero attached hydrogens (tertiary/aromatic N) is 2. The molecule has 2 saturated carbocycles. The zero-order valence-electron chi connectivity index (χ0n) is 14.9. The van der Waals surface area contributed by atoms with Crippen molar-refractivity contribution in [2.75, 3.05) is 26.2 Å². The molecule has 1 amide bonds. The van der Waals surface area contributed by atoms with E-state index in [1.807, 2.05) is 0 Å². The number of hydrogen-bond donors (Lipinski definition) is 0. The van der Waals surface area contributed by atoms with E-state index in [9.17, 15) is 4.79 Å². The van der Waals surface area contributed by atoms with Crippen LogP contribution in [0.25, 0.3) is 0 Å². The van der Waals surface area contributed by atoms with Gasteiger partial charge >= 0.3 is 0 Å². The highest BCUT2D eigenvalue weighted by Gasteiger charge is 2.40. The quantitative estimate of drug-likeness (QED) is 0.849. The van der Waals surface area contributed by atoms with Crippen molar-refractivity contribution in [3.63, 3.8) is 0 Å². The van der Waals surface area contributed by atoms with Crippen LogP contribution in [0.5, 0.6) is 0 Å². The van der Waals surface area contributed by atoms with E-state index < -0.39 is 0 Å². The Kier molecular flexibility index (Phi) is 4.38. The van der Waals surface area contributed by atoms with Crippen LogP contribution in [0.1, 0.15) is 51.0 Å². The monoisotopic (exact) mass is 326 g/mol. The second-order valence-corrected chi connectivity index (χ2v) is 8.31. The smallest absolute Gasteiger partial charge is 0.225 e. The molecule has 1 aromatic rings. The number of carbonyl (C=O) groups excluding carboxylic acids is 1. The summed E-state index contributed by atoms with van der Waals surface area (Å²) < 4.78 is 0. The molecule has 130 valence electrons. The first-order valence-corrected chi connectivity index (χ1v) is 9.74. The van der Waals surface area contributed by atoms with Crippen LogP contribution in [0.3, 0.4) is 0 Å². The number of hydrogen-bond acceptors (Lipinski definition) is 2. The summed E-state index contributed by atoms with van der Waals surface area (Å²) in [6, 6.07) is 11.7. The summed E-state index contributed by atoms with van der Waals surface area (Å²) in [5.74, 6) is 0.793. The van der Waals surface area contributed by atoms with Gasteiger partial charge in [0.05, 0.1) is 0 Å². The highest BCUT2D eigenvalue weighted by Crippen LogP contribution is 2.42. The molecule has 1 heterocycles. The largest absolute Gasteiger partial charge is 0.341 e. The number of benzene rings is 1. The average molecular weight is 326 g/mol. The van der Waals surface area contributed by atoms with E-state index in [-0.39, 0.29) is 0 Å². The van der Waals surface area contributed by atoms with Crippen LogP contribution in [0.4, 0.5) is 0 Å². The van der Waals surface area contributed by atoms with E-state index in [4.69, 9.17) is 0 Å². The molecular weight excluding hydrogens is 296 g/mol. The fourth-order valence-electron chi connectivity index (χ4n) is 4.74. The molecule has 2 atom stereocenters. The minimum atomic E-state index is 0.321. The summed E-state index contributed by atoms with van der Waals surface area (Å²) in [6.45, 7) is 6.56. The van der Waals surface area contributed by atoms with E-state index in [0.717, 1.165) is 45.4 Å². The molecule has 3 fully saturated rings. The van der Waals surface area contributed by atoms with Gasteiger partial charge in [0.15, 0.2) is 0 Å². The maximum Gasteiger partial charge on any atom is 0.225 e. The predicted molar refractivity (Wildman–Crippen MR) is 96.9 cm³/mol. The van der Waals surface area contributed by atoms with Gasteiger partial charge in [-0.1, -0.05) is 37.3 Å². The highest BCUT2D eigenvalue weighted by atomic mass is 16.2. The lowest BCUT2D eigenvalue weighted by Gasteiger charge is -2.30. The van der Waals surface area contributed by atoms with E-state index in [1.54, 1.807) is 0 Å². The third kappa shape index (κ3) is 3.23. The Balaban J connectivity index is 1.37. The van der Waals surface area contributed by atoms with Crippen molar-refractivity contribution in [3.8, 4) is 0 Å². The van der Waals surface area contributed by atoms with Gasteiger partial charge in [0.1, 0.15) is 0 Å². The van der Waals surface area contributed by atoms with Crippen LogP contribution < -0.4 is 0 Å². The summed E-state index contributed by atoms with van der Waals surface area (Å²) in [7, 11) is 0. The van der Waals surface area contributed by atoms with Gasteiger partial charge in [0.25, 0.3) is 0 Å². The summed E-state index contributed by atoms with van der Waals surface area (Å²) in [6.07, 6.45) is 7.21. The van der Waals surface area contributed by atoms with E-state index in [1.165, 1.54) is 24.8 Å². The van der Waals surface area contributed by atoms with Gasteiger partial charge in [0, 0.05) is 38.1 Å². The molecule has 0 aromatic heterocycles. The molecule has 0 bridgehead atoms. The first-order chi connectivity index (χ1) is 11.7. The van der Waals surface area contributed by atoms with Gasteiger partial charge < -0.3 is 4.90 Å². The van der Waals surface area contributed by atoms with Gasteiger partial charge in [-0.3, -0.25) is 9.69 Å². The minimum absolute atomic E-state index is 0.321. The third-order valence-corrected chi connectivity index (χ3v) is 6.47. The second-order valence-electron chi connectivity index (χ2n) is 8.31. The number of carbonyl (C=O) groups is 1. The number of amides is 1. The standard InChI is InChI=1S/C21H30N2O/c1-21(18-6-3-2-4-7-18)11-10-19(16-21)22-12-5-13-23(15-14-22)20(24)17-8-9-17/h2-4,6-7,17,19H,5,8-16H2,1H3. The lowest BCUT2D eigenvalue weighted by molar-refractivity contribution is -0.132. The van der Waals surface area contributed by atoms with Gasteiger partial charge in [-0.05, 0) is 49.5 Å². The molecule has 4 rings (SSSR count). The lowest BCUT2D eigenvalue weighted by Crippen LogP contribution is -2.39. The van der Waals surface area contributed by atoms with E-state index in [0.29, 0.717) is 23.3 Å². The zero-order chi connectivity index (χ0) is 16.6. The van der Waals surface area contributed by atoms with Crippen LogP contribution in [-0.4, -0.2) is 47.9 Å². The molecule has 0 N–H and O–H groups in total. The molecule has 2 unspecified atom stereocenters. The van der Waals surface area contributed by atoms with Crippen molar-refractivity contribution in [2.24, 2.45) is 5.92 Å². The first kappa shape index (κ1) is 16.1. The molecule has 3 nitrogen and oxygen atoms in total. The Morgan fingerprint density at radius 1 is 1.04 bits per heavy atom. The Morgan fingerprint density at radius 2 is 1.83 bits per heavy atom. The summed E-state index contributed by atoms with van der Waals surface area (Å²) >= 11 is 0. The topological polar surface area (TPSA) is 23.6 Å². The van der Waals surface area contributed by atoms with Gasteiger partial charge in [-0.2, -0.15) is 0 Å². The molecule has 2 aliphatic carbocycles. The zero-order valence-corrected chi connectivity index (χ0v) is 14.9. The Bertz CT molecular complexity index is 583. The molecule has 3 aliphatic rings. The van der Waals surface area contributed by atoms with Crippen LogP contribution >= 0.6 is 0 Å². The third-order valence-electron chi connectivity index (χ3n) is 6.47. The van der Waals surface area contributed by atoms with Crippen LogP contribution in [0.2, 0.25) is 0 Å². The molecule has 3 heteroatoms. The van der Waals surface area contributed by atoms with E-state index >= 15 is 0 Å². The molecule has 1 aromatic carbocycles. The second kappa shape index (κ2) is 6.51. The Hall–Kier alpha value is -1.35. The molecule has 1 aliphatic heterocycles. The highest BCUT2D eigenvalue weighted by molar-refractivity contribution is 5.81. The van der Waals surface area contributed by atoms with E-state index in [2.05, 4.69) is 47.1 Å². The van der Waals surface area contributed by atoms with Crippen LogP contribution in [-0.2, 0) is 10.2 Å². The van der Waals surface area contributed by atoms with Crippen LogP contribution in [0, 0.1) is 5.92 Å². The Morgan fingerprint density at radius 3 is 2.58 bits per heavy atom. The van der Waals surface area contributed by atoms with Crippen molar-refractivity contribution >= 4 is 5.91 Å². The number of rotatable bonds is 3. The molecule has 0 spiro atoms. The predicted octanol–water partition coefficient (Wildman–Crippen LogP) is 3.44. The fraction of sp³-hybridized carbons (Fsp3) is 0.667. The molecular formula is C21H30N2O. The maximum absolute atomic E-state index is 12.3. The van der Waals surface area contributed by atoms with Crippen molar-refractivity contribution in [3.05, 3.63) is 35.9 Å². The van der Waals surface area contributed by atoms with Gasteiger partial charge in [-0.25, -0.2) is 0 Å². The van der Waals surface area contributed by atoms with Gasteiger partial charge in [-0.15, -0.1) is 0 Å². The average Bonchev–Trinajstić information content (AvgIpc) is 3.41. The minimum Gasteiger partial charge on any atom is -0.341 e. The van der Waals surface area contributed by atoms with Crippen molar-refractivity contribution in [1.82, 2.24) is 9.80 Å². The molecule has 24 heavy (non-hydrogen) atoms. The van der Waals surface area contributed by atoms with Crippen molar-refractivity contribution < 1.29 is 4.79 Å². The normalized spacial score (nSPS) is 31.9. The summed E-state index contributed by atoms with van der Waals surface area (Å²) in [4.78, 5) is 17.2. The van der Waals surface area contributed by atoms with Gasteiger partial charge in [0.2, 0.25) is 5.91 Å². The summed E-state index contributed by atoms with van der Waals surface area (Å²) in [5.41, 5.74) is 1.81. The van der Waals surface area contributed by atoms with Crippen molar-refractivity contribution in [1.29, 1.82) is 0 Å². The van der Waals surface area contributed by atoms with Crippen molar-refractivity contribution in [2.45, 2.75) is 56.9 Å². The maximum atomic E-state index is 12.3.